The number of hydrogen-bond acceptors (Lipinski definition) is 1. The van der Waals surface area contributed by atoms with Crippen LogP contribution in [0.15, 0.2) is 36.4 Å². The van der Waals surface area contributed by atoms with Gasteiger partial charge in [0.05, 0.1) is 0 Å². The van der Waals surface area contributed by atoms with Crippen molar-refractivity contribution in [3.8, 4) is 11.5 Å². The Morgan fingerprint density at radius 2 is 1.14 bits per heavy atom. The fourth-order valence-electron chi connectivity index (χ4n) is 2.66. The predicted molar refractivity (Wildman–Crippen MR) is 90.4 cm³/mol. The predicted octanol–water partition coefficient (Wildman–Crippen LogP) is 6.00. The molecule has 0 aliphatic carbocycles. The van der Waals surface area contributed by atoms with Crippen molar-refractivity contribution in [2.75, 3.05) is 0 Å². The van der Waals surface area contributed by atoms with E-state index in [-0.39, 0.29) is 0 Å². The maximum Gasteiger partial charge on any atom is 0.130 e. The van der Waals surface area contributed by atoms with Crippen LogP contribution >= 0.6 is 0 Å². The molecule has 0 spiro atoms. The fraction of sp³-hybridized carbons (Fsp3) is 0.400. The highest BCUT2D eigenvalue weighted by Gasteiger charge is 2.08. The van der Waals surface area contributed by atoms with Gasteiger partial charge in [-0.3, -0.25) is 0 Å². The lowest BCUT2D eigenvalue weighted by Gasteiger charge is -2.15. The van der Waals surface area contributed by atoms with E-state index >= 15 is 0 Å². The van der Waals surface area contributed by atoms with Crippen molar-refractivity contribution in [1.82, 2.24) is 0 Å². The van der Waals surface area contributed by atoms with Crippen LogP contribution in [0.1, 0.15) is 48.9 Å². The summed E-state index contributed by atoms with van der Waals surface area (Å²) in [6, 6.07) is 13.0. The molecule has 0 saturated heterocycles. The maximum absolute atomic E-state index is 6.26. The first-order valence-electron chi connectivity index (χ1n) is 8.01. The van der Waals surface area contributed by atoms with E-state index in [4.69, 9.17) is 4.74 Å². The van der Waals surface area contributed by atoms with Crippen molar-refractivity contribution in [3.05, 3.63) is 58.7 Å². The van der Waals surface area contributed by atoms with Crippen LogP contribution in [0.3, 0.4) is 0 Å². The van der Waals surface area contributed by atoms with E-state index in [0.29, 0.717) is 0 Å². The summed E-state index contributed by atoms with van der Waals surface area (Å²) in [5.41, 5.74) is 5.20. The smallest absolute Gasteiger partial charge is 0.130 e. The van der Waals surface area contributed by atoms with Crippen LogP contribution in [0.4, 0.5) is 0 Å². The zero-order valence-corrected chi connectivity index (χ0v) is 13.7. The summed E-state index contributed by atoms with van der Waals surface area (Å²) in [5, 5.41) is 0. The van der Waals surface area contributed by atoms with Gasteiger partial charge < -0.3 is 4.74 Å². The van der Waals surface area contributed by atoms with Crippen molar-refractivity contribution < 1.29 is 4.74 Å². The van der Waals surface area contributed by atoms with Crippen molar-refractivity contribution >= 4 is 0 Å². The van der Waals surface area contributed by atoms with Gasteiger partial charge in [0, 0.05) is 0 Å². The quantitative estimate of drug-likeness (QED) is 0.631. The number of ether oxygens (including phenoxy) is 1. The Kier molecular flexibility index (Phi) is 5.44. The highest BCUT2D eigenvalue weighted by Crippen LogP contribution is 2.31. The Balaban J connectivity index is 2.33. The van der Waals surface area contributed by atoms with Crippen molar-refractivity contribution in [2.45, 2.75) is 53.4 Å². The summed E-state index contributed by atoms with van der Waals surface area (Å²) < 4.78 is 6.26. The zero-order chi connectivity index (χ0) is 15.2. The van der Waals surface area contributed by atoms with Crippen LogP contribution in [0.25, 0.3) is 0 Å². The van der Waals surface area contributed by atoms with Gasteiger partial charge in [-0.1, -0.05) is 62.1 Å². The number of rotatable bonds is 6. The minimum Gasteiger partial charge on any atom is -0.457 e. The minimum absolute atomic E-state index is 1.00. The molecule has 0 N–H and O–H groups in total. The molecule has 0 saturated carbocycles. The molecule has 0 amide bonds. The lowest BCUT2D eigenvalue weighted by atomic mass is 10.0. The van der Waals surface area contributed by atoms with Gasteiger partial charge in [-0.05, 0) is 49.9 Å². The van der Waals surface area contributed by atoms with Crippen LogP contribution in [0, 0.1) is 13.8 Å². The molecule has 2 aromatic rings. The van der Waals surface area contributed by atoms with Crippen LogP contribution in [0.2, 0.25) is 0 Å². The molecule has 0 bridgehead atoms. The highest BCUT2D eigenvalue weighted by atomic mass is 16.5. The Morgan fingerprint density at radius 1 is 0.714 bits per heavy atom. The van der Waals surface area contributed by atoms with Gasteiger partial charge in [0.25, 0.3) is 0 Å². The summed E-state index contributed by atoms with van der Waals surface area (Å²) >= 11 is 0. The third-order valence-electron chi connectivity index (χ3n) is 3.69. The van der Waals surface area contributed by atoms with Gasteiger partial charge in [0.1, 0.15) is 11.5 Å². The molecular weight excluding hydrogens is 256 g/mol. The molecule has 0 aromatic heterocycles. The van der Waals surface area contributed by atoms with Crippen molar-refractivity contribution in [3.63, 3.8) is 0 Å². The normalized spacial score (nSPS) is 10.7. The zero-order valence-electron chi connectivity index (χ0n) is 13.7. The standard InChI is InChI=1S/C20H26O/c1-5-7-17-13-15(3)9-11-19(17)21-20-12-10-16(4)14-18(20)8-6-2/h9-14H,5-8H2,1-4H3. The van der Waals surface area contributed by atoms with Gasteiger partial charge in [-0.15, -0.1) is 0 Å². The van der Waals surface area contributed by atoms with Gasteiger partial charge >= 0.3 is 0 Å². The molecule has 1 nitrogen and oxygen atoms in total. The first kappa shape index (κ1) is 15.6. The van der Waals surface area contributed by atoms with Crippen LogP contribution in [-0.2, 0) is 12.8 Å². The maximum atomic E-state index is 6.26. The molecule has 0 heterocycles. The number of benzene rings is 2. The lowest BCUT2D eigenvalue weighted by molar-refractivity contribution is 0.468. The third kappa shape index (κ3) is 4.10. The summed E-state index contributed by atoms with van der Waals surface area (Å²) in [6.07, 6.45) is 4.39. The second kappa shape index (κ2) is 7.31. The van der Waals surface area contributed by atoms with E-state index in [1.807, 2.05) is 0 Å². The SMILES string of the molecule is CCCc1cc(C)ccc1Oc1ccc(C)cc1CCC. The monoisotopic (exact) mass is 282 g/mol. The molecule has 21 heavy (non-hydrogen) atoms. The average Bonchev–Trinajstić information content (AvgIpc) is 2.45. The number of aryl methyl sites for hydroxylation is 4. The van der Waals surface area contributed by atoms with Crippen molar-refractivity contribution in [2.24, 2.45) is 0 Å². The molecular formula is C20H26O. The van der Waals surface area contributed by atoms with Crippen LogP contribution in [-0.4, -0.2) is 0 Å². The molecule has 0 atom stereocenters. The summed E-state index contributed by atoms with van der Waals surface area (Å²) in [7, 11) is 0. The topological polar surface area (TPSA) is 9.23 Å². The molecule has 0 fully saturated rings. The molecule has 112 valence electrons. The molecule has 0 unspecified atom stereocenters. The first-order valence-corrected chi connectivity index (χ1v) is 8.01. The van der Waals surface area contributed by atoms with Crippen molar-refractivity contribution in [1.29, 1.82) is 0 Å². The highest BCUT2D eigenvalue weighted by molar-refractivity contribution is 5.44. The Hall–Kier alpha value is -1.76. The van der Waals surface area contributed by atoms with E-state index in [2.05, 4.69) is 64.1 Å². The van der Waals surface area contributed by atoms with Crippen LogP contribution < -0.4 is 4.74 Å². The minimum atomic E-state index is 1.00. The van der Waals surface area contributed by atoms with Gasteiger partial charge in [-0.25, -0.2) is 0 Å². The molecule has 2 rings (SSSR count). The average molecular weight is 282 g/mol. The van der Waals surface area contributed by atoms with Gasteiger partial charge in [0.2, 0.25) is 0 Å². The van der Waals surface area contributed by atoms with E-state index in [9.17, 15) is 0 Å². The Morgan fingerprint density at radius 3 is 1.52 bits per heavy atom. The van der Waals surface area contributed by atoms with E-state index in [0.717, 1.165) is 37.2 Å². The fourth-order valence-corrected chi connectivity index (χ4v) is 2.66. The van der Waals surface area contributed by atoms with Gasteiger partial charge in [0.15, 0.2) is 0 Å². The second-order valence-corrected chi connectivity index (χ2v) is 5.82. The summed E-state index contributed by atoms with van der Waals surface area (Å²) in [5.74, 6) is 2.01. The Bertz CT molecular complexity index is 545. The van der Waals surface area contributed by atoms with Gasteiger partial charge in [-0.2, -0.15) is 0 Å². The third-order valence-corrected chi connectivity index (χ3v) is 3.69. The Labute approximate surface area is 129 Å². The molecule has 0 radical (unpaired) electrons. The van der Waals surface area contributed by atoms with Crippen LogP contribution in [0.5, 0.6) is 11.5 Å². The summed E-state index contributed by atoms with van der Waals surface area (Å²) in [6.45, 7) is 8.69. The molecule has 2 aromatic carbocycles. The lowest BCUT2D eigenvalue weighted by Crippen LogP contribution is -1.96. The largest absolute Gasteiger partial charge is 0.457 e. The number of hydrogen-bond donors (Lipinski definition) is 0. The molecule has 0 aliphatic rings. The first-order chi connectivity index (χ1) is 10.1. The van der Waals surface area contributed by atoms with E-state index < -0.39 is 0 Å². The second-order valence-electron chi connectivity index (χ2n) is 5.82. The molecule has 1 heteroatoms. The van der Waals surface area contributed by atoms with E-state index in [1.165, 1.54) is 22.3 Å². The van der Waals surface area contributed by atoms with E-state index in [1.54, 1.807) is 0 Å². The summed E-state index contributed by atoms with van der Waals surface area (Å²) in [4.78, 5) is 0. The molecule has 0 aliphatic heterocycles.